The van der Waals surface area contributed by atoms with Crippen LogP contribution in [0.4, 0.5) is 0 Å². The molecule has 0 aliphatic rings. The van der Waals surface area contributed by atoms with Crippen molar-refractivity contribution in [2.45, 2.75) is 0 Å². The van der Waals surface area contributed by atoms with Gasteiger partial charge in [0.1, 0.15) is 92.8 Å². The van der Waals surface area contributed by atoms with Gasteiger partial charge in [-0.05, 0) is 121 Å². The molecule has 5 aromatic carbocycles. The highest BCUT2D eigenvalue weighted by molar-refractivity contribution is 7.57. The van der Waals surface area contributed by atoms with Gasteiger partial charge in [0.05, 0.1) is 0 Å². The average Bonchev–Trinajstić information content (AvgIpc) is 3.25. The predicted octanol–water partition coefficient (Wildman–Crippen LogP) is -14.6. The Hall–Kier alpha value is -7.15. The van der Waals surface area contributed by atoms with Crippen molar-refractivity contribution in [2.75, 3.05) is 0 Å². The molecule has 0 saturated heterocycles. The normalized spacial score (nSPS) is 8.38. The van der Waals surface area contributed by atoms with Crippen molar-refractivity contribution < 1.29 is 97.2 Å². The third-order valence-electron chi connectivity index (χ3n) is 5.68. The van der Waals surface area contributed by atoms with Crippen LogP contribution in [-0.4, -0.2) is 79.9 Å². The number of phenolic OH excluding ortho intramolecular Hbond substituents is 5. The summed E-state index contributed by atoms with van der Waals surface area (Å²) in [7, 11) is 0. The number of aromatic hydroxyl groups is 5. The monoisotopic (exact) mass is 1030 g/mol. The highest BCUT2D eigenvalue weighted by Gasteiger charge is 2.05. The summed E-state index contributed by atoms with van der Waals surface area (Å²) in [5, 5.41) is 44.5. The summed E-state index contributed by atoms with van der Waals surface area (Å²) in [6, 6.07) is 29.9. The molecule has 5 amide bonds. The van der Waals surface area contributed by atoms with E-state index < -0.39 is 0 Å². The first kappa shape index (κ1) is 66.9. The standard InChI is InChI=1S/5C7H7NO3S.5FH/c5*9-5-8(12)11-7-3-1-6(10)2-4-7;;;;;/h5*1-5,10,12H;5*1H. The molecule has 30 heteroatoms. The Morgan fingerprint density at radius 1 is 0.277 bits per heavy atom. The van der Waals surface area contributed by atoms with Crippen LogP contribution < -0.4 is 47.7 Å². The second-order valence-electron chi connectivity index (χ2n) is 10.1. The van der Waals surface area contributed by atoms with Crippen molar-refractivity contribution in [2.24, 2.45) is 0 Å². The van der Waals surface area contributed by atoms with Crippen LogP contribution in [0, 0.1) is 0 Å². The van der Waals surface area contributed by atoms with Gasteiger partial charge in [0.25, 0.3) is 32.1 Å². The lowest BCUT2D eigenvalue weighted by Gasteiger charge is -2.04. The number of hydrogen-bond acceptors (Lipinski definition) is 15. The molecule has 0 aliphatic carbocycles. The second-order valence-corrected chi connectivity index (χ2v) is 12.3. The first-order valence-corrected chi connectivity index (χ1v) is 18.0. The lowest BCUT2D eigenvalue weighted by molar-refractivity contribution is -0.127. The summed E-state index contributed by atoms with van der Waals surface area (Å²) in [4.78, 5) is 74.8. The minimum atomic E-state index is 0. The number of carbonyl (C=O) groups excluding carboxylic acids is 5. The molecule has 5 N–H and O–H groups in total. The molecule has 0 heterocycles. The SMILES string of the molecule is O=CN([SH2+])Oc1ccc(O)cc1.O=CN([SH2+])Oc1ccc(O)cc1.O=CN([SH2+])Oc1ccc(O)cc1.O=CN([SH2+])Oc1ccc(O)cc1.O=CN([SH2+])Oc1ccc(O)cc1.[F-].[F-].[F-].[F-].[F-]. The minimum Gasteiger partial charge on any atom is -1.00 e. The fourth-order valence-corrected chi connectivity index (χ4v) is 3.74. The second kappa shape index (κ2) is 38.5. The third kappa shape index (κ3) is 32.2. The molecule has 5 aromatic rings. The number of hydroxylamine groups is 5. The van der Waals surface area contributed by atoms with E-state index >= 15 is 0 Å². The van der Waals surface area contributed by atoms with Crippen LogP contribution in [0.15, 0.2) is 121 Å². The van der Waals surface area contributed by atoms with Gasteiger partial charge in [-0.1, -0.05) is 0 Å². The molecular weight excluding hydrogens is 986 g/mol. The number of nitrogens with zero attached hydrogens (tertiary/aromatic N) is 5. The van der Waals surface area contributed by atoms with Crippen LogP contribution in [-0.2, 0) is 88.0 Å². The number of amides is 5. The van der Waals surface area contributed by atoms with Gasteiger partial charge in [-0.2, -0.15) is 0 Å². The summed E-state index contributed by atoms with van der Waals surface area (Å²) in [5.74, 6) is 3.00. The number of hydrogen-bond donors (Lipinski definition) is 5. The number of rotatable bonds is 15. The Labute approximate surface area is 393 Å². The molecular formula is C35H40F5N5O15S5. The molecule has 0 bridgehead atoms. The van der Waals surface area contributed by atoms with Crippen molar-refractivity contribution in [1.82, 2.24) is 22.3 Å². The maximum Gasteiger partial charge on any atom is 0.293 e. The Kier molecular flexibility index (Phi) is 39.7. The summed E-state index contributed by atoms with van der Waals surface area (Å²) in [6.45, 7) is 0. The van der Waals surface area contributed by atoms with E-state index in [0.29, 0.717) is 60.8 Å². The average molecular weight is 1030 g/mol. The van der Waals surface area contributed by atoms with E-state index in [4.69, 9.17) is 49.7 Å². The predicted molar refractivity (Wildman–Crippen MR) is 234 cm³/mol. The van der Waals surface area contributed by atoms with Crippen LogP contribution in [0.5, 0.6) is 57.5 Å². The van der Waals surface area contributed by atoms with Gasteiger partial charge >= 0.3 is 0 Å². The molecule has 0 unspecified atom stereocenters. The first-order valence-electron chi connectivity index (χ1n) is 15.7. The molecule has 0 aliphatic heterocycles. The van der Waals surface area contributed by atoms with E-state index in [1.54, 1.807) is 0 Å². The Bertz CT molecular complexity index is 1670. The fourth-order valence-electron chi connectivity index (χ4n) is 3.21. The number of halogens is 5. The van der Waals surface area contributed by atoms with Crippen LogP contribution in [0.1, 0.15) is 0 Å². The van der Waals surface area contributed by atoms with Gasteiger partial charge in [0.15, 0.2) is 28.7 Å². The zero-order valence-electron chi connectivity index (χ0n) is 32.4. The van der Waals surface area contributed by atoms with E-state index in [2.05, 4.69) is 64.1 Å². The van der Waals surface area contributed by atoms with E-state index in [9.17, 15) is 24.0 Å². The molecule has 0 spiro atoms. The van der Waals surface area contributed by atoms with Gasteiger partial charge in [-0.25, -0.2) is 0 Å². The maximum atomic E-state index is 10.1. The molecule has 360 valence electrons. The van der Waals surface area contributed by atoms with Crippen LogP contribution in [0.3, 0.4) is 0 Å². The molecule has 5 rings (SSSR count). The van der Waals surface area contributed by atoms with Gasteiger partial charge in [-0.15, -0.1) is 0 Å². The molecule has 0 atom stereocenters. The summed E-state index contributed by atoms with van der Waals surface area (Å²) in [6.07, 6.45) is 2.31. The molecule has 65 heavy (non-hydrogen) atoms. The zero-order valence-corrected chi connectivity index (χ0v) is 37.4. The van der Waals surface area contributed by atoms with Crippen molar-refractivity contribution >= 4 is 96.1 Å². The van der Waals surface area contributed by atoms with E-state index in [1.807, 2.05) is 0 Å². The highest BCUT2D eigenvalue weighted by Crippen LogP contribution is 2.19. The smallest absolute Gasteiger partial charge is 0.293 e. The maximum absolute atomic E-state index is 10.1. The van der Waals surface area contributed by atoms with Crippen LogP contribution in [0.25, 0.3) is 0 Å². The molecule has 0 fully saturated rings. The molecule has 0 saturated carbocycles. The third-order valence-corrected chi connectivity index (χ3v) is 6.66. The van der Waals surface area contributed by atoms with Gasteiger partial charge in [-0.3, -0.25) is 24.0 Å². The largest absolute Gasteiger partial charge is 1.00 e. The molecule has 0 radical (unpaired) electrons. The highest BCUT2D eigenvalue weighted by atomic mass is 32.1. The van der Waals surface area contributed by atoms with Crippen molar-refractivity contribution in [3.63, 3.8) is 0 Å². The summed E-state index contributed by atoms with van der Waals surface area (Å²) in [5.41, 5.74) is 0. The fraction of sp³-hybridized carbons (Fsp3) is 0. The van der Waals surface area contributed by atoms with E-state index in [-0.39, 0.29) is 52.3 Å². The zero-order chi connectivity index (χ0) is 44.9. The van der Waals surface area contributed by atoms with Crippen molar-refractivity contribution in [3.05, 3.63) is 121 Å². The van der Waals surface area contributed by atoms with Crippen molar-refractivity contribution in [1.29, 1.82) is 0 Å². The van der Waals surface area contributed by atoms with E-state index in [1.165, 1.54) is 121 Å². The van der Waals surface area contributed by atoms with Crippen molar-refractivity contribution in [3.8, 4) is 57.5 Å². The Balaban J connectivity index is -0.000000226. The topological polar surface area (TPSA) is 249 Å². The van der Waals surface area contributed by atoms with Crippen LogP contribution >= 0.6 is 0 Å². The first-order chi connectivity index (χ1) is 28.6. The lowest BCUT2D eigenvalue weighted by atomic mass is 10.3. The number of benzene rings is 5. The summed E-state index contributed by atoms with van der Waals surface area (Å²) < 4.78 is 4.20. The Morgan fingerprint density at radius 3 is 0.477 bits per heavy atom. The lowest BCUT2D eigenvalue weighted by Crippen LogP contribution is -3.00. The summed E-state index contributed by atoms with van der Waals surface area (Å²) >= 11 is 14.3. The number of carbonyl (C=O) groups is 5. The number of phenols is 5. The van der Waals surface area contributed by atoms with Gasteiger partial charge < -0.3 is 73.2 Å². The van der Waals surface area contributed by atoms with Crippen LogP contribution in [0.2, 0.25) is 0 Å². The van der Waals surface area contributed by atoms with Gasteiger partial charge in [0.2, 0.25) is 0 Å². The minimum absolute atomic E-state index is 0. The van der Waals surface area contributed by atoms with E-state index in [0.717, 1.165) is 22.3 Å². The Morgan fingerprint density at radius 2 is 0.385 bits per heavy atom. The molecule has 20 nitrogen and oxygen atoms in total. The quantitative estimate of drug-likeness (QED) is 0.0283. The molecule has 0 aromatic heterocycles. The van der Waals surface area contributed by atoms with Gasteiger partial charge in [0, 0.05) is 22.3 Å².